The molecule has 0 spiro atoms. The quantitative estimate of drug-likeness (QED) is 0.778. The van der Waals surface area contributed by atoms with E-state index in [2.05, 4.69) is 20.4 Å². The van der Waals surface area contributed by atoms with Crippen molar-refractivity contribution in [2.75, 3.05) is 0 Å². The van der Waals surface area contributed by atoms with E-state index < -0.39 is 0 Å². The Morgan fingerprint density at radius 1 is 1.20 bits per heavy atom. The number of hydrogen-bond donors (Lipinski definition) is 1. The molecule has 3 aromatic rings. The first-order valence-corrected chi connectivity index (χ1v) is 6.20. The van der Waals surface area contributed by atoms with Crippen LogP contribution >= 0.6 is 0 Å². The van der Waals surface area contributed by atoms with Crippen molar-refractivity contribution in [3.63, 3.8) is 0 Å². The van der Waals surface area contributed by atoms with Gasteiger partial charge in [-0.1, -0.05) is 30.3 Å². The van der Waals surface area contributed by atoms with Crippen molar-refractivity contribution in [1.29, 1.82) is 0 Å². The lowest BCUT2D eigenvalue weighted by atomic mass is 10.2. The smallest absolute Gasteiger partial charge is 0.205 e. The van der Waals surface area contributed by atoms with Crippen LogP contribution < -0.4 is 0 Å². The number of benzene rings is 1. The zero-order chi connectivity index (χ0) is 13.9. The van der Waals surface area contributed by atoms with Gasteiger partial charge in [0, 0.05) is 23.0 Å². The van der Waals surface area contributed by atoms with Gasteiger partial charge in [-0.15, -0.1) is 15.0 Å². The highest BCUT2D eigenvalue weighted by Gasteiger charge is 2.11. The Bertz CT molecular complexity index is 723. The summed E-state index contributed by atoms with van der Waals surface area (Å²) in [6.07, 6.45) is 1.62. The lowest BCUT2D eigenvalue weighted by Gasteiger charge is -2.05. The van der Waals surface area contributed by atoms with E-state index in [1.165, 1.54) is 4.80 Å². The molecule has 1 aromatic carbocycles. The summed E-state index contributed by atoms with van der Waals surface area (Å²) in [5, 5.41) is 21.8. The molecule has 2 aromatic heterocycles. The summed E-state index contributed by atoms with van der Waals surface area (Å²) < 4.78 is 0. The van der Waals surface area contributed by atoms with Crippen molar-refractivity contribution in [1.82, 2.24) is 25.2 Å². The molecule has 0 aliphatic heterocycles. The van der Waals surface area contributed by atoms with Gasteiger partial charge >= 0.3 is 0 Å². The number of aliphatic hydroxyl groups is 1. The van der Waals surface area contributed by atoms with Gasteiger partial charge in [-0.05, 0) is 18.2 Å². The number of tetrazole rings is 1. The van der Waals surface area contributed by atoms with E-state index in [1.807, 2.05) is 43.3 Å². The minimum Gasteiger partial charge on any atom is -0.392 e. The van der Waals surface area contributed by atoms with Gasteiger partial charge < -0.3 is 5.11 Å². The fraction of sp³-hybridized carbons (Fsp3) is 0.143. The molecule has 0 amide bonds. The van der Waals surface area contributed by atoms with Gasteiger partial charge in [0.1, 0.15) is 0 Å². The third-order valence-electron chi connectivity index (χ3n) is 2.93. The van der Waals surface area contributed by atoms with Crippen LogP contribution in [0.1, 0.15) is 11.3 Å². The molecule has 0 aliphatic rings. The lowest BCUT2D eigenvalue weighted by Crippen LogP contribution is -2.05. The van der Waals surface area contributed by atoms with Crippen LogP contribution in [0.4, 0.5) is 0 Å². The number of aryl methyl sites for hydroxylation is 1. The summed E-state index contributed by atoms with van der Waals surface area (Å²) in [6.45, 7) is 1.75. The van der Waals surface area contributed by atoms with Crippen LogP contribution in [0, 0.1) is 6.92 Å². The van der Waals surface area contributed by atoms with Crippen LogP contribution in [-0.2, 0) is 6.61 Å². The summed E-state index contributed by atoms with van der Waals surface area (Å²) in [5.41, 5.74) is 3.08. The minimum atomic E-state index is -0.120. The predicted molar refractivity (Wildman–Crippen MR) is 73.0 cm³/mol. The highest BCUT2D eigenvalue weighted by atomic mass is 16.3. The zero-order valence-corrected chi connectivity index (χ0v) is 10.9. The molecule has 0 aliphatic carbocycles. The molecule has 100 valence electrons. The van der Waals surface area contributed by atoms with Crippen LogP contribution in [0.3, 0.4) is 0 Å². The summed E-state index contributed by atoms with van der Waals surface area (Å²) in [4.78, 5) is 5.57. The molecule has 6 nitrogen and oxygen atoms in total. The normalized spacial score (nSPS) is 10.7. The van der Waals surface area contributed by atoms with Gasteiger partial charge in [-0.25, -0.2) is 0 Å². The van der Waals surface area contributed by atoms with Crippen molar-refractivity contribution in [3.05, 3.63) is 53.9 Å². The number of hydrogen-bond acceptors (Lipinski definition) is 5. The largest absolute Gasteiger partial charge is 0.392 e. The van der Waals surface area contributed by atoms with E-state index in [4.69, 9.17) is 0 Å². The summed E-state index contributed by atoms with van der Waals surface area (Å²) in [6, 6.07) is 11.4. The Morgan fingerprint density at radius 2 is 2.00 bits per heavy atom. The Balaban J connectivity index is 2.04. The van der Waals surface area contributed by atoms with Crippen molar-refractivity contribution in [3.8, 4) is 17.1 Å². The van der Waals surface area contributed by atoms with Gasteiger partial charge in [0.2, 0.25) is 5.82 Å². The average Bonchev–Trinajstić information content (AvgIpc) is 2.98. The maximum atomic E-state index is 9.37. The van der Waals surface area contributed by atoms with Gasteiger partial charge in [-0.2, -0.15) is 0 Å². The maximum absolute atomic E-state index is 9.37. The Morgan fingerprint density at radius 3 is 2.75 bits per heavy atom. The topological polar surface area (TPSA) is 76.7 Å². The van der Waals surface area contributed by atoms with Crippen LogP contribution in [0.2, 0.25) is 0 Å². The van der Waals surface area contributed by atoms with Gasteiger partial charge in [0.05, 0.1) is 12.3 Å². The third kappa shape index (κ3) is 2.28. The van der Waals surface area contributed by atoms with Crippen molar-refractivity contribution < 1.29 is 5.11 Å². The van der Waals surface area contributed by atoms with Crippen molar-refractivity contribution in [2.45, 2.75) is 13.5 Å². The van der Waals surface area contributed by atoms with E-state index in [0.717, 1.165) is 11.3 Å². The molecule has 2 heterocycles. The molecule has 20 heavy (non-hydrogen) atoms. The number of aromatic nitrogens is 5. The SMILES string of the molecule is Cc1cc(-n2nnc(-c3ccccc3)n2)c(CO)cn1. The fourth-order valence-electron chi connectivity index (χ4n) is 1.90. The second-order valence-corrected chi connectivity index (χ2v) is 4.38. The molecular weight excluding hydrogens is 254 g/mol. The van der Waals surface area contributed by atoms with E-state index >= 15 is 0 Å². The number of aliphatic hydroxyl groups excluding tert-OH is 1. The van der Waals surface area contributed by atoms with Gasteiger partial charge in [0.25, 0.3) is 0 Å². The molecule has 0 saturated heterocycles. The molecule has 1 N–H and O–H groups in total. The van der Waals surface area contributed by atoms with E-state index in [1.54, 1.807) is 6.20 Å². The highest BCUT2D eigenvalue weighted by molar-refractivity contribution is 5.53. The predicted octanol–water partition coefficient (Wildman–Crippen LogP) is 1.53. The molecule has 6 heteroatoms. The molecule has 0 unspecified atom stereocenters. The summed E-state index contributed by atoms with van der Waals surface area (Å²) in [7, 11) is 0. The standard InChI is InChI=1S/C14H13N5O/c1-10-7-13(12(9-20)8-15-10)19-17-14(16-18-19)11-5-3-2-4-6-11/h2-8,20H,9H2,1H3. The third-order valence-corrected chi connectivity index (χ3v) is 2.93. The first-order valence-electron chi connectivity index (χ1n) is 6.20. The number of rotatable bonds is 3. The number of nitrogens with zero attached hydrogens (tertiary/aromatic N) is 5. The Kier molecular flexibility index (Phi) is 3.22. The van der Waals surface area contributed by atoms with Gasteiger partial charge in [-0.3, -0.25) is 4.98 Å². The van der Waals surface area contributed by atoms with E-state index in [9.17, 15) is 5.11 Å². The van der Waals surface area contributed by atoms with Gasteiger partial charge in [0.15, 0.2) is 0 Å². The lowest BCUT2D eigenvalue weighted by molar-refractivity contribution is 0.280. The molecule has 0 fully saturated rings. The van der Waals surface area contributed by atoms with Crippen LogP contribution in [0.15, 0.2) is 42.6 Å². The summed E-state index contributed by atoms with van der Waals surface area (Å²) >= 11 is 0. The Labute approximate surface area is 115 Å². The molecule has 0 atom stereocenters. The highest BCUT2D eigenvalue weighted by Crippen LogP contribution is 2.16. The maximum Gasteiger partial charge on any atom is 0.205 e. The minimum absolute atomic E-state index is 0.120. The average molecular weight is 267 g/mol. The first-order chi connectivity index (χ1) is 9.78. The molecule has 0 saturated carbocycles. The molecule has 0 radical (unpaired) electrons. The van der Waals surface area contributed by atoms with E-state index in [-0.39, 0.29) is 6.61 Å². The molecule has 0 bridgehead atoms. The Hall–Kier alpha value is -2.60. The molecule has 3 rings (SSSR count). The van der Waals surface area contributed by atoms with Crippen LogP contribution in [0.25, 0.3) is 17.1 Å². The second-order valence-electron chi connectivity index (χ2n) is 4.38. The summed E-state index contributed by atoms with van der Waals surface area (Å²) in [5.74, 6) is 0.545. The first kappa shape index (κ1) is 12.4. The monoisotopic (exact) mass is 267 g/mol. The van der Waals surface area contributed by atoms with Crippen LogP contribution in [-0.4, -0.2) is 30.3 Å². The molecular formula is C14H13N5O. The fourth-order valence-corrected chi connectivity index (χ4v) is 1.90. The van der Waals surface area contributed by atoms with Crippen molar-refractivity contribution >= 4 is 0 Å². The number of pyridine rings is 1. The second kappa shape index (κ2) is 5.18. The van der Waals surface area contributed by atoms with Crippen molar-refractivity contribution in [2.24, 2.45) is 0 Å². The van der Waals surface area contributed by atoms with Crippen LogP contribution in [0.5, 0.6) is 0 Å². The zero-order valence-electron chi connectivity index (χ0n) is 10.9. The van der Waals surface area contributed by atoms with E-state index in [0.29, 0.717) is 17.1 Å².